The third kappa shape index (κ3) is 3.77. The predicted molar refractivity (Wildman–Crippen MR) is 84.7 cm³/mol. The lowest BCUT2D eigenvalue weighted by atomic mass is 10.2. The number of azo groups is 1. The lowest BCUT2D eigenvalue weighted by Gasteiger charge is -2.10. The number of anilines is 1. The molecule has 5 nitrogen and oxygen atoms in total. The zero-order chi connectivity index (χ0) is 15.2. The first-order chi connectivity index (χ1) is 10.8. The van der Waals surface area contributed by atoms with Crippen molar-refractivity contribution in [1.82, 2.24) is 0 Å². The highest BCUT2D eigenvalue weighted by atomic mass is 16.5. The number of rotatable bonds is 4. The van der Waals surface area contributed by atoms with Crippen LogP contribution in [0.5, 0.6) is 0 Å². The molecule has 1 aliphatic heterocycles. The number of hydrogen-bond donors (Lipinski definition) is 1. The molecule has 1 atom stereocenters. The number of amides is 1. The third-order valence-corrected chi connectivity index (χ3v) is 3.39. The summed E-state index contributed by atoms with van der Waals surface area (Å²) >= 11 is 0. The van der Waals surface area contributed by atoms with E-state index in [1.165, 1.54) is 0 Å². The summed E-state index contributed by atoms with van der Waals surface area (Å²) in [6.45, 7) is 0.664. The first kappa shape index (κ1) is 14.4. The molecular formula is C17H17N3O2. The standard InChI is InChI=1S/C17H17N3O2/c21-17(16-7-4-12-22-16)18-13-8-10-15(11-9-13)20-19-14-5-2-1-3-6-14/h1-3,5-6,8-11,16H,4,7,12H2,(H,18,21)/t16-/m1/s1. The minimum Gasteiger partial charge on any atom is -0.368 e. The van der Waals surface area contributed by atoms with Gasteiger partial charge in [-0.05, 0) is 49.2 Å². The number of nitrogens with one attached hydrogen (secondary N) is 1. The van der Waals surface area contributed by atoms with Crippen molar-refractivity contribution in [1.29, 1.82) is 0 Å². The second-order valence-corrected chi connectivity index (χ2v) is 5.07. The fraction of sp³-hybridized carbons (Fsp3) is 0.235. The minimum atomic E-state index is -0.322. The quantitative estimate of drug-likeness (QED) is 0.858. The Hall–Kier alpha value is -2.53. The summed E-state index contributed by atoms with van der Waals surface area (Å²) in [6.07, 6.45) is 1.41. The molecule has 1 heterocycles. The molecule has 112 valence electrons. The summed E-state index contributed by atoms with van der Waals surface area (Å²) in [5, 5.41) is 11.2. The third-order valence-electron chi connectivity index (χ3n) is 3.39. The van der Waals surface area contributed by atoms with Crippen LogP contribution in [0.15, 0.2) is 64.8 Å². The van der Waals surface area contributed by atoms with Crippen LogP contribution in [0.1, 0.15) is 12.8 Å². The molecule has 0 saturated carbocycles. The van der Waals surface area contributed by atoms with Gasteiger partial charge in [0.1, 0.15) is 6.10 Å². The molecule has 0 aliphatic carbocycles. The zero-order valence-corrected chi connectivity index (χ0v) is 12.1. The smallest absolute Gasteiger partial charge is 0.253 e. The highest BCUT2D eigenvalue weighted by Crippen LogP contribution is 2.21. The average molecular weight is 295 g/mol. The van der Waals surface area contributed by atoms with Crippen LogP contribution in [0, 0.1) is 0 Å². The van der Waals surface area contributed by atoms with Crippen LogP contribution in [0.4, 0.5) is 17.1 Å². The van der Waals surface area contributed by atoms with E-state index >= 15 is 0 Å². The van der Waals surface area contributed by atoms with E-state index in [9.17, 15) is 4.79 Å². The van der Waals surface area contributed by atoms with Gasteiger partial charge in [-0.1, -0.05) is 18.2 Å². The normalized spacial score (nSPS) is 17.7. The van der Waals surface area contributed by atoms with Crippen LogP contribution in [0.2, 0.25) is 0 Å². The molecule has 1 aliphatic rings. The van der Waals surface area contributed by atoms with Crippen LogP contribution in [0.25, 0.3) is 0 Å². The maximum absolute atomic E-state index is 11.9. The van der Waals surface area contributed by atoms with E-state index in [2.05, 4.69) is 15.5 Å². The fourth-order valence-corrected chi connectivity index (χ4v) is 2.23. The van der Waals surface area contributed by atoms with Crippen molar-refractivity contribution in [2.45, 2.75) is 18.9 Å². The van der Waals surface area contributed by atoms with Gasteiger partial charge in [-0.15, -0.1) is 0 Å². The van der Waals surface area contributed by atoms with E-state index in [0.717, 1.165) is 29.9 Å². The summed E-state index contributed by atoms with van der Waals surface area (Å²) < 4.78 is 5.35. The Morgan fingerprint density at radius 1 is 1.00 bits per heavy atom. The summed E-state index contributed by atoms with van der Waals surface area (Å²) in [4.78, 5) is 11.9. The first-order valence-corrected chi connectivity index (χ1v) is 7.30. The van der Waals surface area contributed by atoms with Crippen LogP contribution in [0.3, 0.4) is 0 Å². The van der Waals surface area contributed by atoms with E-state index in [4.69, 9.17) is 4.74 Å². The van der Waals surface area contributed by atoms with E-state index in [0.29, 0.717) is 6.61 Å². The molecule has 0 aromatic heterocycles. The Kier molecular flexibility index (Phi) is 4.56. The molecule has 1 fully saturated rings. The van der Waals surface area contributed by atoms with Gasteiger partial charge in [0.15, 0.2) is 0 Å². The fourth-order valence-electron chi connectivity index (χ4n) is 2.23. The molecule has 0 spiro atoms. The van der Waals surface area contributed by atoms with Gasteiger partial charge in [-0.2, -0.15) is 10.2 Å². The monoisotopic (exact) mass is 295 g/mol. The molecule has 0 unspecified atom stereocenters. The molecule has 1 saturated heterocycles. The molecule has 2 aromatic rings. The number of nitrogens with zero attached hydrogens (tertiary/aromatic N) is 2. The van der Waals surface area contributed by atoms with Gasteiger partial charge in [0.2, 0.25) is 0 Å². The van der Waals surface area contributed by atoms with Crippen LogP contribution in [-0.4, -0.2) is 18.6 Å². The predicted octanol–water partition coefficient (Wildman–Crippen LogP) is 4.22. The maximum Gasteiger partial charge on any atom is 0.253 e. The first-order valence-electron chi connectivity index (χ1n) is 7.30. The Morgan fingerprint density at radius 3 is 2.32 bits per heavy atom. The van der Waals surface area contributed by atoms with Crippen molar-refractivity contribution in [2.24, 2.45) is 10.2 Å². The van der Waals surface area contributed by atoms with Gasteiger partial charge in [0, 0.05) is 12.3 Å². The molecule has 1 amide bonds. The van der Waals surface area contributed by atoms with Gasteiger partial charge in [0.05, 0.1) is 11.4 Å². The van der Waals surface area contributed by atoms with Crippen molar-refractivity contribution in [3.8, 4) is 0 Å². The van der Waals surface area contributed by atoms with Gasteiger partial charge in [-0.3, -0.25) is 4.79 Å². The molecule has 0 radical (unpaired) electrons. The molecule has 5 heteroatoms. The summed E-state index contributed by atoms with van der Waals surface area (Å²) in [5.74, 6) is -0.0869. The lowest BCUT2D eigenvalue weighted by Crippen LogP contribution is -2.26. The van der Waals surface area contributed by atoms with Gasteiger partial charge < -0.3 is 10.1 Å². The number of carbonyl (C=O) groups is 1. The lowest BCUT2D eigenvalue weighted by molar-refractivity contribution is -0.124. The van der Waals surface area contributed by atoms with Gasteiger partial charge in [-0.25, -0.2) is 0 Å². The molecule has 2 aromatic carbocycles. The van der Waals surface area contributed by atoms with Crippen molar-refractivity contribution in [2.75, 3.05) is 11.9 Å². The van der Waals surface area contributed by atoms with Crippen molar-refractivity contribution in [3.05, 3.63) is 54.6 Å². The number of ether oxygens (including phenoxy) is 1. The molecule has 1 N–H and O–H groups in total. The molecule has 0 bridgehead atoms. The Labute approximate surface area is 129 Å². The van der Waals surface area contributed by atoms with Crippen molar-refractivity contribution >= 4 is 23.0 Å². The second kappa shape index (κ2) is 6.95. The number of benzene rings is 2. The van der Waals surface area contributed by atoms with E-state index in [1.54, 1.807) is 0 Å². The highest BCUT2D eigenvalue weighted by Gasteiger charge is 2.23. The SMILES string of the molecule is O=C(Nc1ccc(N=Nc2ccccc2)cc1)[C@H]1CCCO1. The summed E-state index contributed by atoms with van der Waals surface area (Å²) in [7, 11) is 0. The van der Waals surface area contributed by atoms with Crippen molar-refractivity contribution < 1.29 is 9.53 Å². The van der Waals surface area contributed by atoms with E-state index < -0.39 is 0 Å². The summed E-state index contributed by atoms with van der Waals surface area (Å²) in [6, 6.07) is 16.8. The van der Waals surface area contributed by atoms with E-state index in [1.807, 2.05) is 54.6 Å². The Bertz CT molecular complexity index is 647. The highest BCUT2D eigenvalue weighted by molar-refractivity contribution is 5.94. The second-order valence-electron chi connectivity index (χ2n) is 5.07. The largest absolute Gasteiger partial charge is 0.368 e. The number of carbonyl (C=O) groups excluding carboxylic acids is 1. The molecule has 22 heavy (non-hydrogen) atoms. The van der Waals surface area contributed by atoms with Gasteiger partial charge >= 0.3 is 0 Å². The minimum absolute atomic E-state index is 0.0869. The Morgan fingerprint density at radius 2 is 1.68 bits per heavy atom. The molecule has 3 rings (SSSR count). The van der Waals surface area contributed by atoms with Crippen molar-refractivity contribution in [3.63, 3.8) is 0 Å². The Balaban J connectivity index is 1.60. The summed E-state index contributed by atoms with van der Waals surface area (Å²) in [5.41, 5.74) is 2.27. The van der Waals surface area contributed by atoms with E-state index in [-0.39, 0.29) is 12.0 Å². The van der Waals surface area contributed by atoms with Crippen LogP contribution >= 0.6 is 0 Å². The average Bonchev–Trinajstić information content (AvgIpc) is 3.10. The zero-order valence-electron chi connectivity index (χ0n) is 12.1. The van der Waals surface area contributed by atoms with Crippen LogP contribution < -0.4 is 5.32 Å². The maximum atomic E-state index is 11.9. The molecular weight excluding hydrogens is 278 g/mol. The topological polar surface area (TPSA) is 63.0 Å². The number of hydrogen-bond acceptors (Lipinski definition) is 4. The van der Waals surface area contributed by atoms with Crippen LogP contribution in [-0.2, 0) is 9.53 Å². The van der Waals surface area contributed by atoms with Gasteiger partial charge in [0.25, 0.3) is 5.91 Å².